The minimum atomic E-state index is -4.54. The van der Waals surface area contributed by atoms with E-state index in [0.717, 1.165) is 23.1 Å². The van der Waals surface area contributed by atoms with Crippen LogP contribution < -0.4 is 5.32 Å². The van der Waals surface area contributed by atoms with Crippen molar-refractivity contribution in [3.63, 3.8) is 0 Å². The number of fused-ring (bicyclic) bond motifs is 1. The summed E-state index contributed by atoms with van der Waals surface area (Å²) in [6.07, 6.45) is -3.01. The van der Waals surface area contributed by atoms with Crippen molar-refractivity contribution in [1.29, 1.82) is 0 Å². The standard InChI is InChI=1S/C19H21F3N2O3/c1-3-27-16-14(9-24(18(16)26)10-19(20,21)22)17(25)23-15-7-6-12-5-4-11(2)8-13(12)15/h4-5,8,15H,3,6-7,9-10H2,1-2H3,(H,23,25)/t15-/m1/s1. The Morgan fingerprint density at radius 2 is 2.11 bits per heavy atom. The molecular formula is C19H21F3N2O3. The van der Waals surface area contributed by atoms with Gasteiger partial charge >= 0.3 is 6.18 Å². The normalized spacial score (nSPS) is 19.5. The Labute approximate surface area is 155 Å². The molecule has 0 unspecified atom stereocenters. The number of hydrogen-bond acceptors (Lipinski definition) is 3. The van der Waals surface area contributed by atoms with Gasteiger partial charge in [0.15, 0.2) is 5.76 Å². The zero-order chi connectivity index (χ0) is 19.8. The summed E-state index contributed by atoms with van der Waals surface area (Å²) in [4.78, 5) is 25.6. The van der Waals surface area contributed by atoms with Gasteiger partial charge in [0, 0.05) is 0 Å². The van der Waals surface area contributed by atoms with Crippen LogP contribution in [0.25, 0.3) is 0 Å². The molecule has 2 aliphatic rings. The summed E-state index contributed by atoms with van der Waals surface area (Å²) in [5.41, 5.74) is 3.17. The van der Waals surface area contributed by atoms with Crippen LogP contribution in [0.3, 0.4) is 0 Å². The average Bonchev–Trinajstić information content (AvgIpc) is 3.10. The van der Waals surface area contributed by atoms with Gasteiger partial charge in [-0.2, -0.15) is 13.2 Å². The molecule has 8 heteroatoms. The predicted molar refractivity (Wildman–Crippen MR) is 91.7 cm³/mol. The Morgan fingerprint density at radius 3 is 2.78 bits per heavy atom. The van der Waals surface area contributed by atoms with Crippen molar-refractivity contribution in [1.82, 2.24) is 10.2 Å². The van der Waals surface area contributed by atoms with E-state index in [1.165, 1.54) is 0 Å². The first-order valence-electron chi connectivity index (χ1n) is 8.82. The maximum absolute atomic E-state index is 12.7. The van der Waals surface area contributed by atoms with E-state index in [2.05, 4.69) is 5.32 Å². The molecule has 0 spiro atoms. The number of ether oxygens (including phenoxy) is 1. The Bertz CT molecular complexity index is 802. The summed E-state index contributed by atoms with van der Waals surface area (Å²) in [6, 6.07) is 5.80. The van der Waals surface area contributed by atoms with Crippen molar-refractivity contribution in [3.05, 3.63) is 46.2 Å². The third-order valence-corrected chi connectivity index (χ3v) is 4.72. The smallest absolute Gasteiger partial charge is 0.406 e. The molecule has 5 nitrogen and oxygen atoms in total. The van der Waals surface area contributed by atoms with Gasteiger partial charge in [0.05, 0.1) is 24.8 Å². The summed E-state index contributed by atoms with van der Waals surface area (Å²) in [7, 11) is 0. The second kappa shape index (κ2) is 7.25. The number of halogens is 3. The number of rotatable bonds is 5. The van der Waals surface area contributed by atoms with Gasteiger partial charge in [-0.25, -0.2) is 0 Å². The van der Waals surface area contributed by atoms with Crippen LogP contribution in [-0.4, -0.2) is 42.6 Å². The second-order valence-electron chi connectivity index (χ2n) is 6.78. The third-order valence-electron chi connectivity index (χ3n) is 4.72. The highest BCUT2D eigenvalue weighted by Gasteiger charge is 2.42. The fraction of sp³-hybridized carbons (Fsp3) is 0.474. The lowest BCUT2D eigenvalue weighted by Gasteiger charge is -2.18. The Kier molecular flexibility index (Phi) is 5.17. The van der Waals surface area contributed by atoms with Crippen molar-refractivity contribution >= 4 is 11.8 Å². The van der Waals surface area contributed by atoms with Gasteiger partial charge in [0.25, 0.3) is 11.8 Å². The lowest BCUT2D eigenvalue weighted by atomic mass is 10.0. The van der Waals surface area contributed by atoms with Gasteiger partial charge in [-0.1, -0.05) is 23.8 Å². The number of carbonyl (C=O) groups is 2. The number of nitrogens with one attached hydrogen (secondary N) is 1. The summed E-state index contributed by atoms with van der Waals surface area (Å²) >= 11 is 0. The minimum Gasteiger partial charge on any atom is -0.488 e. The van der Waals surface area contributed by atoms with Gasteiger partial charge in [-0.05, 0) is 37.8 Å². The topological polar surface area (TPSA) is 58.6 Å². The molecule has 0 bridgehead atoms. The molecule has 3 rings (SSSR count). The average molecular weight is 382 g/mol. The van der Waals surface area contributed by atoms with Crippen LogP contribution in [0.15, 0.2) is 29.5 Å². The molecule has 1 aliphatic heterocycles. The SMILES string of the molecule is CCOC1=C(C(=O)N[C@@H]2CCc3ccc(C)cc32)CN(CC(F)(F)F)C1=O. The van der Waals surface area contributed by atoms with Gasteiger partial charge in [-0.3, -0.25) is 9.59 Å². The number of amides is 2. The van der Waals surface area contributed by atoms with Crippen LogP contribution in [0, 0.1) is 6.92 Å². The second-order valence-corrected chi connectivity index (χ2v) is 6.78. The van der Waals surface area contributed by atoms with Crippen LogP contribution in [0.1, 0.15) is 36.1 Å². The summed E-state index contributed by atoms with van der Waals surface area (Å²) < 4.78 is 43.3. The molecule has 1 atom stereocenters. The maximum atomic E-state index is 12.7. The summed E-state index contributed by atoms with van der Waals surface area (Å²) in [5, 5.41) is 2.86. The molecule has 0 radical (unpaired) electrons. The molecule has 0 saturated carbocycles. The van der Waals surface area contributed by atoms with Crippen molar-refractivity contribution in [3.8, 4) is 0 Å². The van der Waals surface area contributed by atoms with Gasteiger partial charge in [0.2, 0.25) is 0 Å². The Morgan fingerprint density at radius 1 is 1.37 bits per heavy atom. The number of carbonyl (C=O) groups excluding carboxylic acids is 2. The number of aryl methyl sites for hydroxylation is 2. The molecule has 0 saturated heterocycles. The minimum absolute atomic E-state index is 0.0489. The Balaban J connectivity index is 1.79. The first kappa shape index (κ1) is 19.3. The van der Waals surface area contributed by atoms with Crippen LogP contribution >= 0.6 is 0 Å². The lowest BCUT2D eigenvalue weighted by Crippen LogP contribution is -2.37. The zero-order valence-corrected chi connectivity index (χ0v) is 15.2. The fourth-order valence-corrected chi connectivity index (χ4v) is 3.54. The fourth-order valence-electron chi connectivity index (χ4n) is 3.54. The monoisotopic (exact) mass is 382 g/mol. The van der Waals surface area contributed by atoms with E-state index < -0.39 is 31.1 Å². The lowest BCUT2D eigenvalue weighted by molar-refractivity contribution is -0.157. The molecule has 0 fully saturated rings. The van der Waals surface area contributed by atoms with E-state index in [1.54, 1.807) is 6.92 Å². The molecule has 146 valence electrons. The van der Waals surface area contributed by atoms with E-state index >= 15 is 0 Å². The number of hydrogen-bond donors (Lipinski definition) is 1. The largest absolute Gasteiger partial charge is 0.488 e. The first-order valence-corrected chi connectivity index (χ1v) is 8.82. The predicted octanol–water partition coefficient (Wildman–Crippen LogP) is 2.79. The molecule has 1 heterocycles. The molecule has 1 aromatic rings. The zero-order valence-electron chi connectivity index (χ0n) is 15.2. The quantitative estimate of drug-likeness (QED) is 0.852. The molecule has 2 amide bonds. The maximum Gasteiger partial charge on any atom is 0.406 e. The highest BCUT2D eigenvalue weighted by molar-refractivity contribution is 6.07. The first-order chi connectivity index (χ1) is 12.7. The molecule has 1 N–H and O–H groups in total. The van der Waals surface area contributed by atoms with E-state index in [4.69, 9.17) is 4.74 Å². The van der Waals surface area contributed by atoms with E-state index in [-0.39, 0.29) is 24.0 Å². The molecule has 0 aromatic heterocycles. The summed E-state index contributed by atoms with van der Waals surface area (Å²) in [5.74, 6) is -1.75. The van der Waals surface area contributed by atoms with Gasteiger partial charge in [-0.15, -0.1) is 0 Å². The molecule has 1 aliphatic carbocycles. The van der Waals surface area contributed by atoms with E-state index in [1.807, 2.05) is 25.1 Å². The third kappa shape index (κ3) is 4.09. The Hall–Kier alpha value is -2.51. The van der Waals surface area contributed by atoms with Crippen molar-refractivity contribution in [2.45, 2.75) is 38.9 Å². The highest BCUT2D eigenvalue weighted by atomic mass is 19.4. The van der Waals surface area contributed by atoms with E-state index in [9.17, 15) is 22.8 Å². The van der Waals surface area contributed by atoms with Gasteiger partial charge < -0.3 is 15.0 Å². The van der Waals surface area contributed by atoms with Crippen molar-refractivity contribution < 1.29 is 27.5 Å². The molecule has 27 heavy (non-hydrogen) atoms. The van der Waals surface area contributed by atoms with Gasteiger partial charge in [0.1, 0.15) is 6.54 Å². The van der Waals surface area contributed by atoms with Crippen LogP contribution in [0.2, 0.25) is 0 Å². The van der Waals surface area contributed by atoms with Crippen molar-refractivity contribution in [2.24, 2.45) is 0 Å². The van der Waals surface area contributed by atoms with Crippen LogP contribution in [0.4, 0.5) is 13.2 Å². The summed E-state index contributed by atoms with van der Waals surface area (Å²) in [6.45, 7) is 1.83. The number of benzene rings is 1. The van der Waals surface area contributed by atoms with Crippen molar-refractivity contribution in [2.75, 3.05) is 19.7 Å². The number of nitrogens with zero attached hydrogens (tertiary/aromatic N) is 1. The molecule has 1 aromatic carbocycles. The molecular weight excluding hydrogens is 361 g/mol. The van der Waals surface area contributed by atoms with Crippen LogP contribution in [-0.2, 0) is 20.7 Å². The highest BCUT2D eigenvalue weighted by Crippen LogP contribution is 2.33. The van der Waals surface area contributed by atoms with E-state index in [0.29, 0.717) is 11.3 Å². The van der Waals surface area contributed by atoms with Crippen LogP contribution in [0.5, 0.6) is 0 Å². The number of alkyl halides is 3.